The van der Waals surface area contributed by atoms with Crippen molar-refractivity contribution in [3.05, 3.63) is 59.5 Å². The number of nitrogens with one attached hydrogen (secondary N) is 1. The molecule has 0 saturated heterocycles. The number of H-pyrrole nitrogens is 1. The van der Waals surface area contributed by atoms with Crippen molar-refractivity contribution >= 4 is 29.2 Å². The second kappa shape index (κ2) is 8.49. The first-order chi connectivity index (χ1) is 13.5. The Morgan fingerprint density at radius 2 is 1.97 bits per heavy atom. The predicted molar refractivity (Wildman–Crippen MR) is 112 cm³/mol. The molecule has 29 heavy (non-hydrogen) atoms. The Morgan fingerprint density at radius 1 is 1.21 bits per heavy atom. The highest BCUT2D eigenvalue weighted by Crippen LogP contribution is 2.38. The number of benzene rings is 2. The summed E-state index contributed by atoms with van der Waals surface area (Å²) in [6.07, 6.45) is -1.11. The van der Waals surface area contributed by atoms with Crippen LogP contribution in [0.4, 0.5) is 8.78 Å². The molecule has 154 valence electrons. The third kappa shape index (κ3) is 3.99. The van der Waals surface area contributed by atoms with Crippen molar-refractivity contribution in [2.75, 3.05) is 13.1 Å². The largest absolute Gasteiger partial charge is 0.350 e. The summed E-state index contributed by atoms with van der Waals surface area (Å²) < 4.78 is 27.5. The van der Waals surface area contributed by atoms with Crippen molar-refractivity contribution < 1.29 is 13.6 Å². The average Bonchev–Trinajstić information content (AvgIpc) is 3.00. The van der Waals surface area contributed by atoms with E-state index in [2.05, 4.69) is 4.98 Å². The van der Waals surface area contributed by atoms with Gasteiger partial charge in [-0.25, -0.2) is 8.78 Å². The molecule has 0 fully saturated rings. The second-order valence-electron chi connectivity index (χ2n) is 7.24. The van der Waals surface area contributed by atoms with E-state index < -0.39 is 12.2 Å². The maximum absolute atomic E-state index is 13.9. The van der Waals surface area contributed by atoms with Gasteiger partial charge < -0.3 is 21.4 Å². The smallest absolute Gasteiger partial charge is 0.271 e. The lowest BCUT2D eigenvalue weighted by molar-refractivity contribution is 0.0724. The highest BCUT2D eigenvalue weighted by Gasteiger charge is 2.30. The molecule has 1 amide bonds. The maximum Gasteiger partial charge on any atom is 0.271 e. The van der Waals surface area contributed by atoms with Gasteiger partial charge in [-0.3, -0.25) is 4.79 Å². The van der Waals surface area contributed by atoms with Crippen molar-refractivity contribution in [3.63, 3.8) is 0 Å². The zero-order valence-corrected chi connectivity index (χ0v) is 16.5. The molecular weight excluding hydrogens is 398 g/mol. The van der Waals surface area contributed by atoms with Crippen LogP contribution in [-0.2, 0) is 6.54 Å². The standard InChI is InChI=1S/C21H22F2N4O.ClH/c22-13-5-6-18-17(8-13)19-16-4-2-1-3-12(16)10-27(21(28)20(19)26-18)11-15(25)7-14(23)9-24;/h1-6,8,14-15,26H,7,9-11,24-25H2;1H/t14-,15+;/m0./s1. The van der Waals surface area contributed by atoms with Crippen LogP contribution in [0, 0.1) is 5.82 Å². The molecule has 3 aromatic rings. The van der Waals surface area contributed by atoms with Crippen molar-refractivity contribution in [1.82, 2.24) is 9.88 Å². The molecule has 2 aromatic carbocycles. The average molecular weight is 421 g/mol. The summed E-state index contributed by atoms with van der Waals surface area (Å²) in [5.41, 5.74) is 15.0. The SMILES string of the molecule is Cl.NC[C@@H](F)C[C@@H](N)CN1Cc2ccccc2-c2c([nH]c3ccc(F)cc23)C1=O. The maximum atomic E-state index is 13.9. The summed E-state index contributed by atoms with van der Waals surface area (Å²) in [5, 5.41) is 0.661. The van der Waals surface area contributed by atoms with E-state index in [-0.39, 0.29) is 43.6 Å². The van der Waals surface area contributed by atoms with Crippen LogP contribution in [0.25, 0.3) is 22.0 Å². The number of halogens is 3. The number of nitrogens with zero attached hydrogens (tertiary/aromatic N) is 1. The fourth-order valence-corrected chi connectivity index (χ4v) is 3.87. The molecule has 1 aromatic heterocycles. The number of alkyl halides is 1. The molecule has 5 nitrogen and oxygen atoms in total. The molecule has 2 heterocycles. The molecule has 0 bridgehead atoms. The molecule has 4 rings (SSSR count). The topological polar surface area (TPSA) is 88.1 Å². The molecule has 1 aliphatic heterocycles. The number of hydrogen-bond acceptors (Lipinski definition) is 3. The van der Waals surface area contributed by atoms with E-state index in [1.807, 2.05) is 24.3 Å². The Balaban J connectivity index is 0.00000240. The van der Waals surface area contributed by atoms with Crippen LogP contribution in [0.2, 0.25) is 0 Å². The minimum absolute atomic E-state index is 0. The highest BCUT2D eigenvalue weighted by molar-refractivity contribution is 6.11. The summed E-state index contributed by atoms with van der Waals surface area (Å²) >= 11 is 0. The summed E-state index contributed by atoms with van der Waals surface area (Å²) in [5.74, 6) is -0.598. The van der Waals surface area contributed by atoms with Crippen molar-refractivity contribution in [2.24, 2.45) is 11.5 Å². The van der Waals surface area contributed by atoms with Crippen molar-refractivity contribution in [2.45, 2.75) is 25.2 Å². The zero-order valence-electron chi connectivity index (χ0n) is 15.7. The van der Waals surface area contributed by atoms with Gasteiger partial charge in [0.15, 0.2) is 0 Å². The van der Waals surface area contributed by atoms with Gasteiger partial charge in [0.25, 0.3) is 5.91 Å². The normalized spacial score (nSPS) is 15.3. The number of hydrogen-bond donors (Lipinski definition) is 3. The van der Waals surface area contributed by atoms with E-state index in [9.17, 15) is 13.6 Å². The van der Waals surface area contributed by atoms with Crippen LogP contribution in [0.1, 0.15) is 22.5 Å². The lowest BCUT2D eigenvalue weighted by Gasteiger charge is -2.25. The third-order valence-electron chi connectivity index (χ3n) is 5.18. The number of rotatable bonds is 5. The number of aromatic amines is 1. The van der Waals surface area contributed by atoms with E-state index in [0.717, 1.165) is 11.1 Å². The zero-order chi connectivity index (χ0) is 19.8. The number of amides is 1. The summed E-state index contributed by atoms with van der Waals surface area (Å²) in [6.45, 7) is 0.459. The van der Waals surface area contributed by atoms with Gasteiger partial charge in [-0.1, -0.05) is 24.3 Å². The quantitative estimate of drug-likeness (QED) is 0.591. The van der Waals surface area contributed by atoms with E-state index in [0.29, 0.717) is 28.7 Å². The van der Waals surface area contributed by atoms with Gasteiger partial charge in [0.05, 0.1) is 0 Å². The Morgan fingerprint density at radius 3 is 2.72 bits per heavy atom. The van der Waals surface area contributed by atoms with Crippen LogP contribution in [0.3, 0.4) is 0 Å². The van der Waals surface area contributed by atoms with Gasteiger partial charge in [-0.05, 0) is 35.7 Å². The Bertz CT molecular complexity index is 1040. The van der Waals surface area contributed by atoms with E-state index in [1.54, 1.807) is 11.0 Å². The monoisotopic (exact) mass is 420 g/mol. The highest BCUT2D eigenvalue weighted by atomic mass is 35.5. The van der Waals surface area contributed by atoms with Crippen molar-refractivity contribution in [1.29, 1.82) is 0 Å². The fourth-order valence-electron chi connectivity index (χ4n) is 3.87. The van der Waals surface area contributed by atoms with Gasteiger partial charge >= 0.3 is 0 Å². The number of carbonyl (C=O) groups excluding carboxylic acids is 1. The minimum Gasteiger partial charge on any atom is -0.350 e. The lowest BCUT2D eigenvalue weighted by Crippen LogP contribution is -2.42. The molecule has 0 aliphatic carbocycles. The number of carbonyl (C=O) groups is 1. The first-order valence-corrected chi connectivity index (χ1v) is 9.26. The molecule has 0 saturated carbocycles. The summed E-state index contributed by atoms with van der Waals surface area (Å²) in [4.78, 5) is 18.0. The van der Waals surface area contributed by atoms with E-state index in [4.69, 9.17) is 11.5 Å². The van der Waals surface area contributed by atoms with Gasteiger partial charge in [0.1, 0.15) is 17.7 Å². The van der Waals surface area contributed by atoms with Gasteiger partial charge in [0.2, 0.25) is 0 Å². The van der Waals surface area contributed by atoms with Gasteiger partial charge in [-0.2, -0.15) is 0 Å². The van der Waals surface area contributed by atoms with E-state index in [1.165, 1.54) is 12.1 Å². The second-order valence-corrected chi connectivity index (χ2v) is 7.24. The summed E-state index contributed by atoms with van der Waals surface area (Å²) in [6, 6.07) is 11.5. The molecule has 0 unspecified atom stereocenters. The van der Waals surface area contributed by atoms with Gasteiger partial charge in [0, 0.05) is 42.1 Å². The lowest BCUT2D eigenvalue weighted by atomic mass is 9.98. The van der Waals surface area contributed by atoms with Crippen LogP contribution >= 0.6 is 12.4 Å². The molecule has 0 spiro atoms. The first kappa shape index (κ1) is 21.2. The summed E-state index contributed by atoms with van der Waals surface area (Å²) in [7, 11) is 0. The molecule has 2 atom stereocenters. The van der Waals surface area contributed by atoms with E-state index >= 15 is 0 Å². The molecule has 5 N–H and O–H groups in total. The number of nitrogens with two attached hydrogens (primary N) is 2. The Kier molecular flexibility index (Phi) is 6.21. The molecule has 1 aliphatic rings. The predicted octanol–water partition coefficient (Wildman–Crippen LogP) is 3.37. The third-order valence-corrected chi connectivity index (χ3v) is 5.18. The van der Waals surface area contributed by atoms with Crippen molar-refractivity contribution in [3.8, 4) is 11.1 Å². The molecule has 8 heteroatoms. The Hall–Kier alpha value is -2.48. The van der Waals surface area contributed by atoms with Crippen LogP contribution in [0.5, 0.6) is 0 Å². The molecular formula is C21H23ClF2N4O. The van der Waals surface area contributed by atoms with Crippen LogP contribution < -0.4 is 11.5 Å². The number of fused-ring (bicyclic) bond motifs is 5. The molecule has 0 radical (unpaired) electrons. The van der Waals surface area contributed by atoms with Crippen LogP contribution in [0.15, 0.2) is 42.5 Å². The first-order valence-electron chi connectivity index (χ1n) is 9.26. The minimum atomic E-state index is -1.20. The fraction of sp³-hybridized carbons (Fsp3) is 0.286. The van der Waals surface area contributed by atoms with Gasteiger partial charge in [-0.15, -0.1) is 12.4 Å². The Labute approximate surface area is 173 Å². The number of aromatic nitrogens is 1. The van der Waals surface area contributed by atoms with Crippen LogP contribution in [-0.4, -0.2) is 41.1 Å².